The van der Waals surface area contributed by atoms with Crippen molar-refractivity contribution in [3.63, 3.8) is 0 Å². The summed E-state index contributed by atoms with van der Waals surface area (Å²) in [6.45, 7) is 2.99. The molecule has 1 unspecified atom stereocenters. The standard InChI is InChI=1S/C15H19ClFNO/c1-2-6-15(7-3-8-18-15)14(19)10-11-4-5-13(17)12(16)9-11/h4-5,9,18H,2-3,6-8,10H2,1H3. The normalized spacial score (nSPS) is 22.7. The van der Waals surface area contributed by atoms with Crippen LogP contribution in [0.2, 0.25) is 5.02 Å². The Morgan fingerprint density at radius 1 is 1.53 bits per heavy atom. The van der Waals surface area contributed by atoms with Crippen molar-refractivity contribution in [2.45, 2.75) is 44.6 Å². The summed E-state index contributed by atoms with van der Waals surface area (Å²) >= 11 is 5.75. The van der Waals surface area contributed by atoms with Crippen molar-refractivity contribution in [2.24, 2.45) is 0 Å². The smallest absolute Gasteiger partial charge is 0.157 e. The van der Waals surface area contributed by atoms with Gasteiger partial charge in [-0.2, -0.15) is 0 Å². The fourth-order valence-electron chi connectivity index (χ4n) is 2.83. The second-order valence-corrected chi connectivity index (χ2v) is 5.62. The second-order valence-electron chi connectivity index (χ2n) is 5.21. The molecule has 0 bridgehead atoms. The van der Waals surface area contributed by atoms with Crippen molar-refractivity contribution in [3.05, 3.63) is 34.6 Å². The van der Waals surface area contributed by atoms with Gasteiger partial charge in [-0.1, -0.05) is 31.0 Å². The van der Waals surface area contributed by atoms with Crippen molar-refractivity contribution >= 4 is 17.4 Å². The Morgan fingerprint density at radius 3 is 2.89 bits per heavy atom. The largest absolute Gasteiger partial charge is 0.305 e. The van der Waals surface area contributed by atoms with Gasteiger partial charge < -0.3 is 5.32 Å². The first kappa shape index (κ1) is 14.5. The van der Waals surface area contributed by atoms with Crippen LogP contribution in [0.25, 0.3) is 0 Å². The highest BCUT2D eigenvalue weighted by Crippen LogP contribution is 2.27. The van der Waals surface area contributed by atoms with Gasteiger partial charge in [0.1, 0.15) is 5.82 Å². The zero-order valence-electron chi connectivity index (χ0n) is 11.1. The molecule has 0 spiro atoms. The molecule has 1 saturated heterocycles. The third-order valence-electron chi connectivity index (χ3n) is 3.80. The summed E-state index contributed by atoms with van der Waals surface area (Å²) in [4.78, 5) is 12.5. The van der Waals surface area contributed by atoms with E-state index in [4.69, 9.17) is 11.6 Å². The summed E-state index contributed by atoms with van der Waals surface area (Å²) in [5, 5.41) is 3.44. The van der Waals surface area contributed by atoms with Crippen molar-refractivity contribution in [1.29, 1.82) is 0 Å². The molecule has 1 aromatic rings. The van der Waals surface area contributed by atoms with Crippen LogP contribution in [0.15, 0.2) is 18.2 Å². The van der Waals surface area contributed by atoms with Gasteiger partial charge in [0, 0.05) is 6.42 Å². The van der Waals surface area contributed by atoms with E-state index in [1.54, 1.807) is 12.1 Å². The van der Waals surface area contributed by atoms with E-state index in [0.717, 1.165) is 37.8 Å². The van der Waals surface area contributed by atoms with Gasteiger partial charge in [-0.05, 0) is 43.5 Å². The Kier molecular flexibility index (Phi) is 4.58. The molecule has 1 aliphatic heterocycles. The summed E-state index contributed by atoms with van der Waals surface area (Å²) in [6.07, 6.45) is 4.08. The van der Waals surface area contributed by atoms with Crippen LogP contribution in [0, 0.1) is 5.82 Å². The van der Waals surface area contributed by atoms with Crippen LogP contribution in [0.4, 0.5) is 4.39 Å². The molecule has 19 heavy (non-hydrogen) atoms. The van der Waals surface area contributed by atoms with Crippen LogP contribution in [-0.2, 0) is 11.2 Å². The van der Waals surface area contributed by atoms with E-state index >= 15 is 0 Å². The van der Waals surface area contributed by atoms with Gasteiger partial charge in [-0.15, -0.1) is 0 Å². The van der Waals surface area contributed by atoms with E-state index in [1.807, 2.05) is 0 Å². The fraction of sp³-hybridized carbons (Fsp3) is 0.533. The molecule has 0 amide bonds. The lowest BCUT2D eigenvalue weighted by Crippen LogP contribution is -2.48. The molecule has 1 aliphatic rings. The zero-order chi connectivity index (χ0) is 13.9. The lowest BCUT2D eigenvalue weighted by Gasteiger charge is -2.27. The molecule has 2 rings (SSSR count). The van der Waals surface area contributed by atoms with Crippen molar-refractivity contribution < 1.29 is 9.18 Å². The minimum absolute atomic E-state index is 0.0780. The molecule has 0 aromatic heterocycles. The molecule has 0 saturated carbocycles. The molecule has 1 fully saturated rings. The number of rotatable bonds is 5. The number of Topliss-reactive ketones (excluding diaryl/α,β-unsaturated/α-hetero) is 1. The molecule has 1 heterocycles. The Balaban J connectivity index is 2.12. The third-order valence-corrected chi connectivity index (χ3v) is 4.09. The lowest BCUT2D eigenvalue weighted by atomic mass is 9.84. The number of hydrogen-bond acceptors (Lipinski definition) is 2. The summed E-state index contributed by atoms with van der Waals surface area (Å²) in [5.41, 5.74) is 0.399. The van der Waals surface area contributed by atoms with Crippen LogP contribution in [0.1, 0.15) is 38.2 Å². The van der Waals surface area contributed by atoms with Crippen LogP contribution in [-0.4, -0.2) is 17.9 Å². The first-order valence-corrected chi connectivity index (χ1v) is 7.17. The maximum Gasteiger partial charge on any atom is 0.157 e. The maximum absolute atomic E-state index is 13.1. The second kappa shape index (κ2) is 6.02. The average Bonchev–Trinajstić information content (AvgIpc) is 2.84. The molecule has 104 valence electrons. The van der Waals surface area contributed by atoms with Crippen LogP contribution >= 0.6 is 11.6 Å². The summed E-state index contributed by atoms with van der Waals surface area (Å²) in [5.74, 6) is -0.255. The van der Waals surface area contributed by atoms with Gasteiger partial charge in [0.05, 0.1) is 10.6 Å². The number of benzene rings is 1. The van der Waals surface area contributed by atoms with E-state index in [2.05, 4.69) is 12.2 Å². The Bertz CT molecular complexity index is 469. The molecule has 0 aliphatic carbocycles. The minimum atomic E-state index is -0.444. The van der Waals surface area contributed by atoms with Crippen LogP contribution < -0.4 is 5.32 Å². The molecular formula is C15H19ClFNO. The maximum atomic E-state index is 13.1. The zero-order valence-corrected chi connectivity index (χ0v) is 11.9. The molecular weight excluding hydrogens is 265 g/mol. The summed E-state index contributed by atoms with van der Waals surface area (Å²) in [7, 11) is 0. The fourth-order valence-corrected chi connectivity index (χ4v) is 3.03. The first-order valence-electron chi connectivity index (χ1n) is 6.79. The third kappa shape index (κ3) is 3.15. The summed E-state index contributed by atoms with van der Waals surface area (Å²) < 4.78 is 13.1. The molecule has 1 aromatic carbocycles. The average molecular weight is 284 g/mol. The van der Waals surface area contributed by atoms with Crippen molar-refractivity contribution in [1.82, 2.24) is 5.32 Å². The topological polar surface area (TPSA) is 29.1 Å². The van der Waals surface area contributed by atoms with Crippen molar-refractivity contribution in [2.75, 3.05) is 6.54 Å². The monoisotopic (exact) mass is 283 g/mol. The van der Waals surface area contributed by atoms with E-state index in [1.165, 1.54) is 6.07 Å². The minimum Gasteiger partial charge on any atom is -0.305 e. The quantitative estimate of drug-likeness (QED) is 0.896. The molecule has 4 heteroatoms. The first-order chi connectivity index (χ1) is 9.07. The number of carbonyl (C=O) groups excluding carboxylic acids is 1. The van der Waals surface area contributed by atoms with Crippen LogP contribution in [0.5, 0.6) is 0 Å². The van der Waals surface area contributed by atoms with E-state index in [9.17, 15) is 9.18 Å². The van der Waals surface area contributed by atoms with Gasteiger partial charge in [0.2, 0.25) is 0 Å². The van der Waals surface area contributed by atoms with E-state index in [-0.39, 0.29) is 16.3 Å². The Morgan fingerprint density at radius 2 is 2.32 bits per heavy atom. The molecule has 1 atom stereocenters. The van der Waals surface area contributed by atoms with Gasteiger partial charge in [-0.3, -0.25) is 4.79 Å². The number of carbonyl (C=O) groups is 1. The highest BCUT2D eigenvalue weighted by atomic mass is 35.5. The number of ketones is 1. The Hall–Kier alpha value is -0.930. The van der Waals surface area contributed by atoms with E-state index < -0.39 is 5.82 Å². The van der Waals surface area contributed by atoms with Gasteiger partial charge >= 0.3 is 0 Å². The highest BCUT2D eigenvalue weighted by molar-refractivity contribution is 6.30. The predicted octanol–water partition coefficient (Wildman–Crippen LogP) is 3.51. The van der Waals surface area contributed by atoms with E-state index in [0.29, 0.717) is 6.42 Å². The number of halogens is 2. The van der Waals surface area contributed by atoms with Crippen molar-refractivity contribution in [3.8, 4) is 0 Å². The number of hydrogen-bond donors (Lipinski definition) is 1. The van der Waals surface area contributed by atoms with Crippen LogP contribution in [0.3, 0.4) is 0 Å². The van der Waals surface area contributed by atoms with Gasteiger partial charge in [0.15, 0.2) is 5.78 Å². The molecule has 0 radical (unpaired) electrons. The summed E-state index contributed by atoms with van der Waals surface area (Å²) in [6, 6.07) is 4.50. The van der Waals surface area contributed by atoms with Gasteiger partial charge in [-0.25, -0.2) is 4.39 Å². The Labute approximate surface area is 118 Å². The molecule has 2 nitrogen and oxygen atoms in total. The lowest BCUT2D eigenvalue weighted by molar-refractivity contribution is -0.124. The molecule has 1 N–H and O–H groups in total. The van der Waals surface area contributed by atoms with Gasteiger partial charge in [0.25, 0.3) is 0 Å². The number of nitrogens with one attached hydrogen (secondary N) is 1. The SMILES string of the molecule is CCCC1(C(=O)Cc2ccc(F)c(Cl)c2)CCCN1. The highest BCUT2D eigenvalue weighted by Gasteiger charge is 2.39. The predicted molar refractivity (Wildman–Crippen MR) is 75.0 cm³/mol.